The van der Waals surface area contributed by atoms with Gasteiger partial charge in [0, 0.05) is 32.3 Å². The lowest BCUT2D eigenvalue weighted by Crippen LogP contribution is -2.54. The lowest BCUT2D eigenvalue weighted by Gasteiger charge is -2.45. The summed E-state index contributed by atoms with van der Waals surface area (Å²) in [4.78, 5) is 41.9. The van der Waals surface area contributed by atoms with Gasteiger partial charge < -0.3 is 19.1 Å². The first-order valence-electron chi connectivity index (χ1n) is 16.0. The van der Waals surface area contributed by atoms with Gasteiger partial charge in [-0.1, -0.05) is 54.1 Å². The smallest absolute Gasteiger partial charge is 0.419 e. The van der Waals surface area contributed by atoms with Crippen molar-refractivity contribution in [3.05, 3.63) is 59.7 Å². The molecule has 1 unspecified atom stereocenters. The zero-order valence-electron chi connectivity index (χ0n) is 28.6. The maximum atomic E-state index is 14.3. The van der Waals surface area contributed by atoms with Gasteiger partial charge in [0.25, 0.3) is 0 Å². The van der Waals surface area contributed by atoms with Gasteiger partial charge >= 0.3 is 18.2 Å². The SMILES string of the molecule is CCOP1(=O)CCN(Cc2ccccc2-c2ccc(C)cc2)C[C@@]1(CCCCN(C(=O)OC(C)(C)C)C(=O)OC(C)(C)C)C(=O)O. The van der Waals surface area contributed by atoms with Gasteiger partial charge in [0.15, 0.2) is 5.16 Å². The Bertz CT molecular complexity index is 1380. The fourth-order valence-corrected chi connectivity index (χ4v) is 8.61. The number of hydrogen-bond acceptors (Lipinski definition) is 8. The molecule has 0 radical (unpaired) electrons. The summed E-state index contributed by atoms with van der Waals surface area (Å²) in [5.74, 6) is -1.17. The summed E-state index contributed by atoms with van der Waals surface area (Å²) in [6.45, 7) is 15.0. The van der Waals surface area contributed by atoms with E-state index in [2.05, 4.69) is 30.3 Å². The summed E-state index contributed by atoms with van der Waals surface area (Å²) in [5, 5.41) is 9.05. The highest BCUT2D eigenvalue weighted by molar-refractivity contribution is 7.62. The summed E-state index contributed by atoms with van der Waals surface area (Å²) in [6.07, 6.45) is -0.986. The molecule has 1 N–H and O–H groups in total. The number of aliphatic carboxylic acids is 1. The number of carboxylic acid groups (broad SMARTS) is 1. The summed E-state index contributed by atoms with van der Waals surface area (Å²) in [6, 6.07) is 16.3. The van der Waals surface area contributed by atoms with Gasteiger partial charge in [-0.05, 0) is 91.3 Å². The number of imide groups is 1. The van der Waals surface area contributed by atoms with E-state index in [0.29, 0.717) is 13.1 Å². The van der Waals surface area contributed by atoms with Crippen molar-refractivity contribution in [1.29, 1.82) is 0 Å². The third kappa shape index (κ3) is 9.66. The first kappa shape index (κ1) is 37.3. The van der Waals surface area contributed by atoms with E-state index in [-0.39, 0.29) is 45.1 Å². The third-order valence-corrected chi connectivity index (χ3v) is 11.1. The second-order valence-electron chi connectivity index (χ2n) is 14.0. The Balaban J connectivity index is 1.83. The number of benzene rings is 2. The fourth-order valence-electron chi connectivity index (χ4n) is 5.64. The van der Waals surface area contributed by atoms with Crippen molar-refractivity contribution < 1.29 is 38.1 Å². The van der Waals surface area contributed by atoms with E-state index in [1.165, 1.54) is 0 Å². The van der Waals surface area contributed by atoms with Crippen molar-refractivity contribution in [2.75, 3.05) is 32.4 Å². The monoisotopic (exact) mass is 658 g/mol. The van der Waals surface area contributed by atoms with E-state index >= 15 is 0 Å². The number of hydrogen-bond donors (Lipinski definition) is 1. The molecular weight excluding hydrogens is 607 g/mol. The van der Waals surface area contributed by atoms with E-state index in [1.54, 1.807) is 48.5 Å². The minimum atomic E-state index is -3.62. The fraction of sp³-hybridized carbons (Fsp3) is 0.571. The number of unbranched alkanes of at least 4 members (excludes halogenated alkanes) is 1. The van der Waals surface area contributed by atoms with Crippen LogP contribution < -0.4 is 0 Å². The molecule has 10 nitrogen and oxygen atoms in total. The van der Waals surface area contributed by atoms with Crippen LogP contribution in [0, 0.1) is 6.92 Å². The molecule has 2 aromatic rings. The number of carbonyl (C=O) groups excluding carboxylic acids is 2. The van der Waals surface area contributed by atoms with Crippen molar-refractivity contribution in [1.82, 2.24) is 9.80 Å². The molecule has 46 heavy (non-hydrogen) atoms. The molecular formula is C35H51N2O8P. The van der Waals surface area contributed by atoms with Crippen LogP contribution in [0.15, 0.2) is 48.5 Å². The van der Waals surface area contributed by atoms with Crippen molar-refractivity contribution in [3.8, 4) is 11.1 Å². The quantitative estimate of drug-likeness (QED) is 0.189. The van der Waals surface area contributed by atoms with E-state index in [1.807, 2.05) is 30.0 Å². The maximum Gasteiger partial charge on any atom is 0.419 e. The molecule has 0 aliphatic carbocycles. The Hall–Kier alpha value is -3.20. The van der Waals surface area contributed by atoms with Crippen molar-refractivity contribution in [2.24, 2.45) is 0 Å². The number of ether oxygens (including phenoxy) is 2. The van der Waals surface area contributed by atoms with Crippen LogP contribution in [0.3, 0.4) is 0 Å². The molecule has 0 spiro atoms. The number of carbonyl (C=O) groups is 3. The molecule has 1 saturated heterocycles. The minimum absolute atomic E-state index is 0.0453. The van der Waals surface area contributed by atoms with Gasteiger partial charge in [-0.3, -0.25) is 14.3 Å². The normalized spacial score (nSPS) is 20.6. The number of carboxylic acids is 1. The molecule has 2 aromatic carbocycles. The highest BCUT2D eigenvalue weighted by atomic mass is 31.2. The van der Waals surface area contributed by atoms with Crippen molar-refractivity contribution in [2.45, 2.75) is 97.6 Å². The molecule has 1 aliphatic rings. The van der Waals surface area contributed by atoms with E-state index in [9.17, 15) is 24.1 Å². The molecule has 3 rings (SSSR count). The molecule has 0 saturated carbocycles. The Morgan fingerprint density at radius 3 is 2.07 bits per heavy atom. The Morgan fingerprint density at radius 1 is 0.935 bits per heavy atom. The molecule has 1 aliphatic heterocycles. The van der Waals surface area contributed by atoms with E-state index < -0.39 is 41.9 Å². The zero-order chi connectivity index (χ0) is 34.3. The molecule has 1 heterocycles. The average molecular weight is 659 g/mol. The predicted octanol–water partition coefficient (Wildman–Crippen LogP) is 7.96. The highest BCUT2D eigenvalue weighted by Gasteiger charge is 2.58. The van der Waals surface area contributed by atoms with Gasteiger partial charge in [0.05, 0.1) is 6.61 Å². The molecule has 2 amide bonds. The second kappa shape index (κ2) is 15.1. The average Bonchev–Trinajstić information content (AvgIpc) is 2.93. The Morgan fingerprint density at radius 2 is 1.52 bits per heavy atom. The predicted molar refractivity (Wildman–Crippen MR) is 179 cm³/mol. The number of rotatable bonds is 11. The van der Waals surface area contributed by atoms with E-state index in [0.717, 1.165) is 27.2 Å². The van der Waals surface area contributed by atoms with Crippen LogP contribution in [0.25, 0.3) is 11.1 Å². The molecule has 2 atom stereocenters. The van der Waals surface area contributed by atoms with Crippen LogP contribution in [0.2, 0.25) is 0 Å². The largest absolute Gasteiger partial charge is 0.480 e. The minimum Gasteiger partial charge on any atom is -0.480 e. The van der Waals surface area contributed by atoms with Crippen molar-refractivity contribution >= 4 is 25.5 Å². The highest BCUT2D eigenvalue weighted by Crippen LogP contribution is 2.63. The van der Waals surface area contributed by atoms with Crippen LogP contribution in [0.5, 0.6) is 0 Å². The van der Waals surface area contributed by atoms with Crippen LogP contribution in [0.1, 0.15) is 78.9 Å². The summed E-state index contributed by atoms with van der Waals surface area (Å²) >= 11 is 0. The Labute approximate surface area is 273 Å². The second-order valence-corrected chi connectivity index (χ2v) is 16.9. The standard InChI is InChI=1S/C35H51N2O8P/c1-9-43-46(42)23-22-36(24-28-14-10-11-15-29(28)27-18-16-26(2)17-19-27)25-35(46,30(38)39)20-12-13-21-37(31(40)44-33(3,4)5)32(41)45-34(6,7)8/h10-11,14-19H,9,12-13,20-25H2,1-8H3,(H,38,39)/t35-,46?/m0/s1. The lowest BCUT2D eigenvalue weighted by molar-refractivity contribution is -0.141. The third-order valence-electron chi connectivity index (χ3n) is 7.81. The van der Waals surface area contributed by atoms with Gasteiger partial charge in [-0.15, -0.1) is 0 Å². The van der Waals surface area contributed by atoms with E-state index in [4.69, 9.17) is 14.0 Å². The molecule has 0 bridgehead atoms. The summed E-state index contributed by atoms with van der Waals surface area (Å²) in [7, 11) is -3.62. The number of aryl methyl sites for hydroxylation is 1. The van der Waals surface area contributed by atoms with Crippen LogP contribution in [-0.4, -0.2) is 81.8 Å². The zero-order valence-corrected chi connectivity index (χ0v) is 29.5. The topological polar surface area (TPSA) is 123 Å². The lowest BCUT2D eigenvalue weighted by atomic mass is 9.96. The first-order valence-corrected chi connectivity index (χ1v) is 17.8. The first-order chi connectivity index (χ1) is 21.4. The summed E-state index contributed by atoms with van der Waals surface area (Å²) < 4.78 is 31.0. The summed E-state index contributed by atoms with van der Waals surface area (Å²) in [5.41, 5.74) is 2.67. The maximum absolute atomic E-state index is 14.3. The number of amides is 2. The van der Waals surface area contributed by atoms with Crippen LogP contribution in [0.4, 0.5) is 9.59 Å². The Kier molecular flexibility index (Phi) is 12.3. The molecule has 254 valence electrons. The van der Waals surface area contributed by atoms with Crippen LogP contribution >= 0.6 is 7.37 Å². The van der Waals surface area contributed by atoms with Gasteiger partial charge in [0.1, 0.15) is 11.2 Å². The van der Waals surface area contributed by atoms with Crippen molar-refractivity contribution in [3.63, 3.8) is 0 Å². The van der Waals surface area contributed by atoms with Gasteiger partial charge in [-0.2, -0.15) is 0 Å². The number of nitrogens with zero attached hydrogens (tertiary/aromatic N) is 2. The molecule has 0 aromatic heterocycles. The molecule has 11 heteroatoms. The van der Waals surface area contributed by atoms with Gasteiger partial charge in [-0.25, -0.2) is 14.5 Å². The van der Waals surface area contributed by atoms with Crippen LogP contribution in [-0.2, 0) is 29.9 Å². The van der Waals surface area contributed by atoms with Gasteiger partial charge in [0.2, 0.25) is 7.37 Å². The molecule has 1 fully saturated rings.